The summed E-state index contributed by atoms with van der Waals surface area (Å²) >= 11 is 6.30. The second-order valence-corrected chi connectivity index (χ2v) is 14.7. The van der Waals surface area contributed by atoms with Gasteiger partial charge in [0.05, 0.1) is 17.5 Å². The number of hydrogen-bond donors (Lipinski definition) is 3. The summed E-state index contributed by atoms with van der Waals surface area (Å²) in [4.78, 5) is 15.5. The zero-order chi connectivity index (χ0) is 30.1. The number of hydrogen-bond acceptors (Lipinski definition) is 7. The molecule has 2 bridgehead atoms. The summed E-state index contributed by atoms with van der Waals surface area (Å²) in [6.07, 6.45) is 8.12. The highest BCUT2D eigenvalue weighted by atomic mass is 35.5. The normalized spacial score (nSPS) is 30.8. The molecule has 1 saturated carbocycles. The molecule has 2 aromatic carbocycles. The number of aryl methyl sites for hydroxylation is 1. The van der Waals surface area contributed by atoms with Crippen molar-refractivity contribution in [2.45, 2.75) is 69.8 Å². The van der Waals surface area contributed by atoms with Gasteiger partial charge in [-0.05, 0) is 105 Å². The maximum Gasteiger partial charge on any atom is 0.264 e. The van der Waals surface area contributed by atoms with Crippen molar-refractivity contribution >= 4 is 33.2 Å². The third-order valence-electron chi connectivity index (χ3n) is 9.45. The number of allylic oxidation sites excluding steroid dienone is 1. The topological polar surface area (TPSA) is 116 Å². The zero-order valence-electron chi connectivity index (χ0n) is 24.3. The van der Waals surface area contributed by atoms with Crippen molar-refractivity contribution in [2.75, 3.05) is 24.6 Å². The minimum Gasteiger partial charge on any atom is -0.487 e. The van der Waals surface area contributed by atoms with E-state index in [1.54, 1.807) is 44.2 Å². The van der Waals surface area contributed by atoms with Crippen molar-refractivity contribution in [3.63, 3.8) is 0 Å². The largest absolute Gasteiger partial charge is 0.487 e. The molecule has 5 rings (SSSR count). The van der Waals surface area contributed by atoms with Crippen LogP contribution in [0.25, 0.3) is 0 Å². The number of fused-ring (bicyclic) bond motifs is 3. The Kier molecular flexibility index (Phi) is 9.23. The molecule has 0 saturated heterocycles. The lowest BCUT2D eigenvalue weighted by Gasteiger charge is -2.47. The van der Waals surface area contributed by atoms with E-state index in [-0.39, 0.29) is 23.3 Å². The number of carbonyl (C=O) groups is 1. The van der Waals surface area contributed by atoms with E-state index in [9.17, 15) is 23.4 Å². The summed E-state index contributed by atoms with van der Waals surface area (Å²) in [6, 6.07) is 10.9. The number of rotatable bonds is 1. The third-order valence-corrected chi connectivity index (χ3v) is 11.6. The fourth-order valence-electron chi connectivity index (χ4n) is 6.37. The van der Waals surface area contributed by atoms with Gasteiger partial charge >= 0.3 is 0 Å². The molecule has 0 aromatic heterocycles. The minimum atomic E-state index is -3.98. The molecule has 0 radical (unpaired) electrons. The fourth-order valence-corrected chi connectivity index (χ4v) is 7.85. The Balaban J connectivity index is 1.57. The predicted molar refractivity (Wildman–Crippen MR) is 164 cm³/mol. The number of anilines is 1. The molecule has 42 heavy (non-hydrogen) atoms. The summed E-state index contributed by atoms with van der Waals surface area (Å²) in [6.45, 7) is 4.58. The summed E-state index contributed by atoms with van der Waals surface area (Å²) < 4.78 is 35.0. The SMILES string of the molecule is C[C@@H]1[C@@H](C)C/C=C/C(O)(CO)[C@@H]2CC[C@H]2CN2CCCCc3cc(Cl)ccc3COc3ccc(cc32)C(=O)NS1(=O)=O. The highest BCUT2D eigenvalue weighted by Crippen LogP contribution is 2.44. The third kappa shape index (κ3) is 6.49. The maximum atomic E-state index is 13.3. The standard InChI is InChI=1S/C32H41ClN2O6S/c1-21-6-5-14-32(38,20-36)28-12-9-25(28)18-35-15-4-3-7-23-16-27(33)11-8-26(23)19-41-30-13-10-24(17-29(30)35)31(37)34-42(39,40)22(21)2/h5,8,10-11,13-14,16-17,21-22,25,28,36,38H,3-4,6-7,9,12,15,18-20H2,1-2H3,(H,34,37)/b14-5+/t21-,22+,25-,28+,32?/m0/s1. The van der Waals surface area contributed by atoms with Gasteiger partial charge in [0, 0.05) is 23.7 Å². The molecule has 1 unspecified atom stereocenters. The van der Waals surface area contributed by atoms with Gasteiger partial charge in [-0.3, -0.25) is 4.79 Å². The van der Waals surface area contributed by atoms with Crippen LogP contribution in [0.1, 0.15) is 67.4 Å². The van der Waals surface area contributed by atoms with Gasteiger partial charge in [-0.15, -0.1) is 0 Å². The number of sulfonamides is 1. The average molecular weight is 617 g/mol. The number of amides is 1. The van der Waals surface area contributed by atoms with Crippen molar-refractivity contribution in [1.82, 2.24) is 4.72 Å². The van der Waals surface area contributed by atoms with Gasteiger partial charge in [0.1, 0.15) is 18.0 Å². The fraction of sp³-hybridized carbons (Fsp3) is 0.531. The van der Waals surface area contributed by atoms with Gasteiger partial charge < -0.3 is 19.8 Å². The molecular formula is C32H41ClN2O6S. The van der Waals surface area contributed by atoms with E-state index in [0.717, 1.165) is 43.2 Å². The first-order valence-corrected chi connectivity index (χ1v) is 16.8. The van der Waals surface area contributed by atoms with Crippen LogP contribution in [0.3, 0.4) is 0 Å². The Morgan fingerprint density at radius 1 is 1.12 bits per heavy atom. The summed E-state index contributed by atoms with van der Waals surface area (Å²) in [5, 5.41) is 21.6. The lowest BCUT2D eigenvalue weighted by Crippen LogP contribution is -2.52. The molecule has 8 nitrogen and oxygen atoms in total. The van der Waals surface area contributed by atoms with Crippen molar-refractivity contribution < 1.29 is 28.2 Å². The molecule has 1 amide bonds. The molecule has 5 atom stereocenters. The number of halogens is 1. The Labute approximate surface area is 253 Å². The summed E-state index contributed by atoms with van der Waals surface area (Å²) in [5.74, 6) is -0.446. The minimum absolute atomic E-state index is 0.114. The van der Waals surface area contributed by atoms with Crippen molar-refractivity contribution in [3.8, 4) is 5.75 Å². The maximum absolute atomic E-state index is 13.3. The van der Waals surface area contributed by atoms with Crippen LogP contribution in [-0.2, 0) is 23.1 Å². The number of aliphatic hydroxyl groups is 2. The van der Waals surface area contributed by atoms with Crippen molar-refractivity contribution in [1.29, 1.82) is 0 Å². The van der Waals surface area contributed by atoms with Crippen LogP contribution in [0, 0.1) is 17.8 Å². The van der Waals surface area contributed by atoms with Crippen LogP contribution in [0.15, 0.2) is 48.6 Å². The summed E-state index contributed by atoms with van der Waals surface area (Å²) in [7, 11) is -3.98. The van der Waals surface area contributed by atoms with E-state index in [2.05, 4.69) is 9.62 Å². The monoisotopic (exact) mass is 616 g/mol. The predicted octanol–water partition coefficient (Wildman–Crippen LogP) is 4.86. The van der Waals surface area contributed by atoms with Gasteiger partial charge in [0.25, 0.3) is 5.91 Å². The molecule has 0 spiro atoms. The van der Waals surface area contributed by atoms with Gasteiger partial charge in [0.2, 0.25) is 10.0 Å². The molecule has 10 heteroatoms. The number of ether oxygens (including phenoxy) is 1. The second-order valence-electron chi connectivity index (χ2n) is 12.2. The molecule has 228 valence electrons. The van der Waals surface area contributed by atoms with Crippen LogP contribution in [0.4, 0.5) is 5.69 Å². The number of carbonyl (C=O) groups excluding carboxylic acids is 1. The molecule has 1 aliphatic carbocycles. The highest BCUT2D eigenvalue weighted by molar-refractivity contribution is 7.90. The first-order chi connectivity index (χ1) is 20.0. The first kappa shape index (κ1) is 30.9. The Morgan fingerprint density at radius 2 is 1.93 bits per heavy atom. The number of nitrogens with one attached hydrogen (secondary N) is 1. The molecule has 2 heterocycles. The van der Waals surface area contributed by atoms with E-state index >= 15 is 0 Å². The van der Waals surface area contributed by atoms with Gasteiger partial charge in [0.15, 0.2) is 0 Å². The Morgan fingerprint density at radius 3 is 2.67 bits per heavy atom. The van der Waals surface area contributed by atoms with Crippen LogP contribution >= 0.6 is 11.6 Å². The van der Waals surface area contributed by atoms with E-state index < -0.39 is 33.4 Å². The lowest BCUT2D eigenvalue weighted by molar-refractivity contribution is -0.0768. The van der Waals surface area contributed by atoms with Gasteiger partial charge in [-0.1, -0.05) is 36.7 Å². The van der Waals surface area contributed by atoms with Gasteiger partial charge in [-0.2, -0.15) is 0 Å². The van der Waals surface area contributed by atoms with E-state index in [1.807, 2.05) is 18.2 Å². The molecule has 3 N–H and O–H groups in total. The van der Waals surface area contributed by atoms with E-state index in [0.29, 0.717) is 42.6 Å². The van der Waals surface area contributed by atoms with Crippen LogP contribution < -0.4 is 14.4 Å². The van der Waals surface area contributed by atoms with Crippen LogP contribution in [0.5, 0.6) is 5.75 Å². The average Bonchev–Trinajstić information content (AvgIpc) is 2.97. The number of benzene rings is 2. The second kappa shape index (κ2) is 12.6. The van der Waals surface area contributed by atoms with Crippen LogP contribution in [0.2, 0.25) is 5.02 Å². The van der Waals surface area contributed by atoms with Crippen molar-refractivity contribution in [3.05, 3.63) is 70.3 Å². The van der Waals surface area contributed by atoms with Gasteiger partial charge in [-0.25, -0.2) is 13.1 Å². The van der Waals surface area contributed by atoms with Crippen molar-refractivity contribution in [2.24, 2.45) is 17.8 Å². The number of nitrogens with zero attached hydrogens (tertiary/aromatic N) is 1. The molecule has 2 aliphatic heterocycles. The quantitative estimate of drug-likeness (QED) is 0.392. The zero-order valence-corrected chi connectivity index (χ0v) is 25.8. The molecule has 3 aliphatic rings. The summed E-state index contributed by atoms with van der Waals surface area (Å²) in [5.41, 5.74) is 1.73. The molecule has 1 fully saturated rings. The Hall–Kier alpha value is -2.59. The first-order valence-electron chi connectivity index (χ1n) is 14.9. The molecular weight excluding hydrogens is 576 g/mol. The van der Waals surface area contributed by atoms with E-state index in [1.165, 1.54) is 0 Å². The smallest absolute Gasteiger partial charge is 0.264 e. The van der Waals surface area contributed by atoms with E-state index in [4.69, 9.17) is 16.3 Å². The lowest BCUT2D eigenvalue weighted by atomic mass is 9.64. The number of aliphatic hydroxyl groups excluding tert-OH is 1. The molecule has 2 aromatic rings. The van der Waals surface area contributed by atoms with Crippen LogP contribution in [-0.4, -0.2) is 55.1 Å². The Bertz CT molecular complexity index is 1450. The highest BCUT2D eigenvalue weighted by Gasteiger charge is 2.45.